The van der Waals surface area contributed by atoms with E-state index in [4.69, 9.17) is 9.07 Å². The Kier molecular flexibility index (Phi) is 14.9. The molecule has 4 N–H and O–H groups in total. The molecule has 1 atom stereocenters. The highest BCUT2D eigenvalue weighted by Gasteiger charge is 2.32. The van der Waals surface area contributed by atoms with Crippen molar-refractivity contribution in [3.8, 4) is 5.75 Å². The van der Waals surface area contributed by atoms with Crippen LogP contribution in [0.4, 0.5) is 5.82 Å². The number of ketones is 1. The van der Waals surface area contributed by atoms with Crippen LogP contribution in [-0.4, -0.2) is 59.8 Å². The summed E-state index contributed by atoms with van der Waals surface area (Å²) in [7, 11) is 1.31. The van der Waals surface area contributed by atoms with Crippen LogP contribution in [0, 0.1) is 5.41 Å². The van der Waals surface area contributed by atoms with E-state index in [1.807, 2.05) is 30.3 Å². The predicted molar refractivity (Wildman–Crippen MR) is 196 cm³/mol. The molecule has 0 aliphatic heterocycles. The van der Waals surface area contributed by atoms with E-state index >= 15 is 0 Å². The SMILES string of the molecule is C=CCc1c(OCCCCC(C)(C)C(=O)N[C@@H](NC(=O)c2ccc(N/N=C/c3ccccc3SOOOC)nc2)C(=O)O)ccc2c1CCCC2=O.[H+]. The zero-order chi connectivity index (χ0) is 37.5. The van der Waals surface area contributed by atoms with E-state index in [1.54, 1.807) is 26.0 Å². The van der Waals surface area contributed by atoms with Crippen molar-refractivity contribution in [3.63, 3.8) is 0 Å². The second-order valence-electron chi connectivity index (χ2n) is 12.5. The fourth-order valence-electron chi connectivity index (χ4n) is 5.45. The largest absolute Gasteiger partial charge is 1.00 e. The van der Waals surface area contributed by atoms with Crippen molar-refractivity contribution in [2.75, 3.05) is 19.1 Å². The zero-order valence-electron chi connectivity index (χ0n) is 30.3. The molecule has 2 aromatic carbocycles. The number of carbonyl (C=O) groups is 4. The number of anilines is 1. The lowest BCUT2D eigenvalue weighted by molar-refractivity contribution is -0.447. The Balaban J connectivity index is 0.00000756. The number of Topliss-reactive ketones (excluding diaryl/α,β-unsaturated/α-hetero) is 1. The molecule has 4 rings (SSSR count). The zero-order valence-corrected chi connectivity index (χ0v) is 30.1. The van der Waals surface area contributed by atoms with E-state index in [2.05, 4.69) is 42.6 Å². The van der Waals surface area contributed by atoms with Crippen LogP contribution in [0.3, 0.4) is 0 Å². The number of hydrogen-bond acceptors (Lipinski definition) is 12. The van der Waals surface area contributed by atoms with Gasteiger partial charge < -0.3 is 20.5 Å². The smallest absolute Gasteiger partial charge is 0.493 e. The van der Waals surface area contributed by atoms with Gasteiger partial charge in [0.2, 0.25) is 12.1 Å². The minimum Gasteiger partial charge on any atom is -0.493 e. The van der Waals surface area contributed by atoms with Gasteiger partial charge in [-0.1, -0.05) is 43.2 Å². The van der Waals surface area contributed by atoms with E-state index in [1.165, 1.54) is 31.7 Å². The standard InChI is InChI=1S/C37H43N5O9S/c1-5-11-28-26-13-10-14-29(43)27(26)17-18-30(28)49-21-9-8-20-37(2,3)36(47)41-33(35(45)46)40-34(44)25-16-19-32(38-22-25)42-39-23-24-12-6-7-15-31(24)52-51-50-48-4/h5-7,12,15-19,22-23,33H,1,8-11,13-14,20-21H2,2-4H3,(H,38,42)(H,40,44)(H,41,47)(H,45,46)/p+1/b39-23+/t33-/m1/s1. The molecule has 1 aromatic heterocycles. The van der Waals surface area contributed by atoms with Gasteiger partial charge in [-0.15, -0.1) is 10.9 Å². The van der Waals surface area contributed by atoms with Gasteiger partial charge in [0.05, 0.1) is 37.5 Å². The Bertz CT molecular complexity index is 1770. The number of aromatic nitrogens is 1. The van der Waals surface area contributed by atoms with Crippen LogP contribution in [-0.2, 0) is 36.7 Å². The van der Waals surface area contributed by atoms with Crippen molar-refractivity contribution in [2.45, 2.75) is 69.9 Å². The highest BCUT2D eigenvalue weighted by atomic mass is 32.2. The highest BCUT2D eigenvalue weighted by molar-refractivity contribution is 7.94. The summed E-state index contributed by atoms with van der Waals surface area (Å²) in [4.78, 5) is 59.7. The summed E-state index contributed by atoms with van der Waals surface area (Å²) in [6.07, 6.45) is 7.47. The molecule has 0 spiro atoms. The van der Waals surface area contributed by atoms with E-state index in [9.17, 15) is 24.3 Å². The molecular formula is C37H44N5O9S+. The van der Waals surface area contributed by atoms with Crippen molar-refractivity contribution >= 4 is 47.6 Å². The summed E-state index contributed by atoms with van der Waals surface area (Å²) in [6.45, 7) is 7.69. The number of aliphatic carboxylic acids is 1. The molecule has 0 unspecified atom stereocenters. The van der Waals surface area contributed by atoms with Crippen molar-refractivity contribution in [2.24, 2.45) is 10.5 Å². The lowest BCUT2D eigenvalue weighted by atomic mass is 9.85. The Morgan fingerprint density at radius 1 is 1.12 bits per heavy atom. The van der Waals surface area contributed by atoms with Crippen LogP contribution < -0.4 is 20.8 Å². The minimum absolute atomic E-state index is 0. The van der Waals surface area contributed by atoms with E-state index in [0.717, 1.165) is 47.3 Å². The van der Waals surface area contributed by atoms with Crippen LogP contribution in [0.25, 0.3) is 0 Å². The van der Waals surface area contributed by atoms with Crippen LogP contribution >= 0.6 is 12.0 Å². The fraction of sp³-hybridized carbons (Fsp3) is 0.351. The van der Waals surface area contributed by atoms with Crippen LogP contribution in [0.1, 0.15) is 84.8 Å². The van der Waals surface area contributed by atoms with Gasteiger partial charge in [0.15, 0.2) is 5.78 Å². The second kappa shape index (κ2) is 19.5. The number of rotatable bonds is 20. The summed E-state index contributed by atoms with van der Waals surface area (Å²) in [6, 6.07) is 13.9. The predicted octanol–water partition coefficient (Wildman–Crippen LogP) is 5.94. The number of ether oxygens (including phenoxy) is 1. The van der Waals surface area contributed by atoms with Crippen LogP contribution in [0.5, 0.6) is 5.75 Å². The first kappa shape index (κ1) is 39.7. The Hall–Kier alpha value is -5.09. The Morgan fingerprint density at radius 2 is 1.92 bits per heavy atom. The Labute approximate surface area is 307 Å². The van der Waals surface area contributed by atoms with Gasteiger partial charge >= 0.3 is 7.40 Å². The van der Waals surface area contributed by atoms with E-state index < -0.39 is 29.4 Å². The van der Waals surface area contributed by atoms with Crippen molar-refractivity contribution in [3.05, 3.63) is 95.2 Å². The third-order valence-corrected chi connectivity index (χ3v) is 8.96. The van der Waals surface area contributed by atoms with Crippen LogP contribution in [0.15, 0.2) is 77.4 Å². The average Bonchev–Trinajstić information content (AvgIpc) is 3.13. The van der Waals surface area contributed by atoms with Crippen LogP contribution in [0.2, 0.25) is 0 Å². The molecule has 14 nitrogen and oxygen atoms in total. The molecule has 0 saturated heterocycles. The normalized spacial score (nSPS) is 13.2. The number of allylic oxidation sites excluding steroid dienone is 1. The third-order valence-electron chi connectivity index (χ3n) is 8.28. The molecule has 1 heterocycles. The van der Waals surface area contributed by atoms with Crippen molar-refractivity contribution in [1.29, 1.82) is 0 Å². The van der Waals surface area contributed by atoms with E-state index in [-0.39, 0.29) is 12.8 Å². The molecule has 1 aliphatic rings. The number of carbonyl (C=O) groups excluding carboxylic acids is 3. The summed E-state index contributed by atoms with van der Waals surface area (Å²) >= 11 is 0.935. The molecule has 2 amide bonds. The molecule has 3 aromatic rings. The number of benzene rings is 2. The van der Waals surface area contributed by atoms with Gasteiger partial charge in [0, 0.05) is 39.6 Å². The number of carboxylic acids is 1. The molecule has 0 radical (unpaired) electrons. The number of hydrogen-bond donors (Lipinski definition) is 4. The fourth-order valence-corrected chi connectivity index (χ4v) is 5.96. The summed E-state index contributed by atoms with van der Waals surface area (Å²) in [5, 5.41) is 23.1. The number of pyridine rings is 1. The molecule has 0 bridgehead atoms. The molecule has 15 heteroatoms. The number of carboxylic acid groups (broad SMARTS) is 1. The van der Waals surface area contributed by atoms with Gasteiger partial charge in [-0.3, -0.25) is 19.8 Å². The maximum Gasteiger partial charge on any atom is 1.00 e. The Morgan fingerprint density at radius 3 is 2.65 bits per heavy atom. The quantitative estimate of drug-likeness (QED) is 0.0204. The maximum absolute atomic E-state index is 13.1. The minimum atomic E-state index is -1.67. The van der Waals surface area contributed by atoms with Crippen molar-refractivity contribution < 1.29 is 44.7 Å². The topological polar surface area (TPSA) is 187 Å². The first-order valence-corrected chi connectivity index (χ1v) is 17.4. The molecule has 52 heavy (non-hydrogen) atoms. The van der Waals surface area contributed by atoms with Gasteiger partial charge in [-0.05, 0) is 74.4 Å². The number of nitrogens with zero attached hydrogens (tertiary/aromatic N) is 2. The van der Waals surface area contributed by atoms with Gasteiger partial charge in [-0.25, -0.2) is 14.7 Å². The summed E-state index contributed by atoms with van der Waals surface area (Å²) in [5.41, 5.74) is 5.42. The average molecular weight is 735 g/mol. The monoisotopic (exact) mass is 734 g/mol. The summed E-state index contributed by atoms with van der Waals surface area (Å²) < 4.78 is 10.9. The van der Waals surface area contributed by atoms with Gasteiger partial charge in [0.25, 0.3) is 5.91 Å². The highest BCUT2D eigenvalue weighted by Crippen LogP contribution is 2.32. The molecular weight excluding hydrogens is 691 g/mol. The van der Waals surface area contributed by atoms with E-state index in [0.29, 0.717) is 55.0 Å². The second-order valence-corrected chi connectivity index (χ2v) is 13.2. The number of amides is 2. The summed E-state index contributed by atoms with van der Waals surface area (Å²) in [5.74, 6) is -1.48. The lowest BCUT2D eigenvalue weighted by Gasteiger charge is -2.26. The maximum atomic E-state index is 13.1. The number of nitrogens with one attached hydrogen (secondary N) is 3. The van der Waals surface area contributed by atoms with Gasteiger partial charge in [0.1, 0.15) is 11.6 Å². The molecule has 0 fully saturated rings. The first-order valence-electron chi connectivity index (χ1n) is 16.7. The molecule has 1 aliphatic carbocycles. The number of fused-ring (bicyclic) bond motifs is 1. The van der Waals surface area contributed by atoms with Gasteiger partial charge in [-0.2, -0.15) is 5.10 Å². The first-order chi connectivity index (χ1) is 25.0. The van der Waals surface area contributed by atoms with Crippen molar-refractivity contribution in [1.82, 2.24) is 15.6 Å². The number of hydrazone groups is 1. The molecule has 276 valence electrons. The third kappa shape index (κ3) is 11.2. The molecule has 0 saturated carbocycles. The number of unbranched alkanes of at least 4 members (excludes halogenated alkanes) is 1. The lowest BCUT2D eigenvalue weighted by Crippen LogP contribution is -2.55.